The normalized spacial score (nSPS) is 12.3. The van der Waals surface area contributed by atoms with Gasteiger partial charge in [-0.05, 0) is 18.2 Å². The molecular formula is C12H5ClF6N2OS. The Morgan fingerprint density at radius 2 is 1.78 bits per heavy atom. The van der Waals surface area contributed by atoms with Crippen molar-refractivity contribution in [1.82, 2.24) is 4.98 Å². The topological polar surface area (TPSA) is 42.0 Å². The van der Waals surface area contributed by atoms with Crippen molar-refractivity contribution in [2.24, 2.45) is 0 Å². The average molecular weight is 375 g/mol. The molecule has 124 valence electrons. The maximum atomic E-state index is 12.9. The zero-order chi connectivity index (χ0) is 17.4. The summed E-state index contributed by atoms with van der Waals surface area (Å²) in [4.78, 5) is 14.1. The molecular weight excluding hydrogens is 370 g/mol. The van der Waals surface area contributed by atoms with Crippen molar-refractivity contribution in [3.05, 3.63) is 44.9 Å². The van der Waals surface area contributed by atoms with Crippen molar-refractivity contribution >= 4 is 34.5 Å². The molecule has 0 aliphatic carbocycles. The second kappa shape index (κ2) is 6.00. The fourth-order valence-corrected chi connectivity index (χ4v) is 2.52. The van der Waals surface area contributed by atoms with Gasteiger partial charge in [-0.3, -0.25) is 4.79 Å². The molecule has 2 aromatic rings. The Labute approximate surface area is 133 Å². The van der Waals surface area contributed by atoms with Crippen LogP contribution in [0.1, 0.15) is 20.9 Å². The number of nitrogens with one attached hydrogen (secondary N) is 1. The van der Waals surface area contributed by atoms with Gasteiger partial charge in [-0.15, -0.1) is 11.3 Å². The summed E-state index contributed by atoms with van der Waals surface area (Å²) in [6.07, 6.45) is -9.73. The number of alkyl halides is 6. The van der Waals surface area contributed by atoms with Gasteiger partial charge in [0.05, 0.1) is 16.8 Å². The Balaban J connectivity index is 2.38. The quantitative estimate of drug-likeness (QED) is 0.744. The molecule has 0 spiro atoms. The Morgan fingerprint density at radius 3 is 2.35 bits per heavy atom. The van der Waals surface area contributed by atoms with E-state index < -0.39 is 40.1 Å². The first-order valence-corrected chi connectivity index (χ1v) is 6.94. The summed E-state index contributed by atoms with van der Waals surface area (Å²) in [5, 5.41) is 1.58. The molecule has 0 aliphatic rings. The van der Waals surface area contributed by atoms with Gasteiger partial charge < -0.3 is 5.32 Å². The van der Waals surface area contributed by atoms with Gasteiger partial charge in [0, 0.05) is 5.02 Å². The van der Waals surface area contributed by atoms with Gasteiger partial charge in [0.2, 0.25) is 0 Å². The number of carbonyl (C=O) groups is 1. The number of hydrogen-bond acceptors (Lipinski definition) is 3. The zero-order valence-electron chi connectivity index (χ0n) is 10.7. The molecule has 0 fully saturated rings. The first-order valence-electron chi connectivity index (χ1n) is 5.69. The number of hydrogen-bond donors (Lipinski definition) is 1. The van der Waals surface area contributed by atoms with Crippen molar-refractivity contribution in [3.63, 3.8) is 0 Å². The van der Waals surface area contributed by atoms with E-state index in [0.29, 0.717) is 17.4 Å². The van der Waals surface area contributed by atoms with Crippen LogP contribution in [0.2, 0.25) is 5.02 Å². The van der Waals surface area contributed by atoms with E-state index in [1.807, 2.05) is 5.32 Å². The molecule has 1 aromatic carbocycles. The first kappa shape index (κ1) is 17.5. The molecule has 0 unspecified atom stereocenters. The molecule has 0 bridgehead atoms. The third kappa shape index (κ3) is 3.94. The summed E-state index contributed by atoms with van der Waals surface area (Å²) in [5.74, 6) is -1.34. The third-order valence-electron chi connectivity index (χ3n) is 2.58. The maximum absolute atomic E-state index is 12.9. The molecule has 11 heteroatoms. The zero-order valence-corrected chi connectivity index (χ0v) is 12.3. The molecule has 1 N–H and O–H groups in total. The molecule has 0 saturated carbocycles. The molecule has 23 heavy (non-hydrogen) atoms. The molecule has 0 aliphatic heterocycles. The van der Waals surface area contributed by atoms with Gasteiger partial charge in [0.25, 0.3) is 5.91 Å². The molecule has 0 radical (unpaired) electrons. The molecule has 1 aromatic heterocycles. The number of benzene rings is 1. The summed E-state index contributed by atoms with van der Waals surface area (Å²) < 4.78 is 76.7. The lowest BCUT2D eigenvalue weighted by atomic mass is 10.1. The number of halogens is 7. The number of nitrogens with zero attached hydrogens (tertiary/aromatic N) is 1. The summed E-state index contributed by atoms with van der Waals surface area (Å²) in [6.45, 7) is 0. The van der Waals surface area contributed by atoms with E-state index in [4.69, 9.17) is 11.6 Å². The fraction of sp³-hybridized carbons (Fsp3) is 0.167. The molecule has 1 heterocycles. The molecule has 1 amide bonds. The highest BCUT2D eigenvalue weighted by Gasteiger charge is 2.39. The van der Waals surface area contributed by atoms with Crippen LogP contribution in [0.15, 0.2) is 23.7 Å². The van der Waals surface area contributed by atoms with Crippen LogP contribution in [0.3, 0.4) is 0 Å². The van der Waals surface area contributed by atoms with Crippen LogP contribution in [0, 0.1) is 0 Å². The van der Waals surface area contributed by atoms with Crippen LogP contribution in [0.5, 0.6) is 0 Å². The highest BCUT2D eigenvalue weighted by Crippen LogP contribution is 2.37. The number of carbonyl (C=O) groups excluding carboxylic acids is 1. The lowest BCUT2D eigenvalue weighted by molar-refractivity contribution is -0.141. The van der Waals surface area contributed by atoms with E-state index in [1.54, 1.807) is 0 Å². The minimum Gasteiger partial charge on any atom is -0.321 e. The van der Waals surface area contributed by atoms with Crippen molar-refractivity contribution in [1.29, 1.82) is 0 Å². The number of thiazole rings is 1. The smallest absolute Gasteiger partial charge is 0.321 e. The SMILES string of the molecule is O=C(Nc1ccc(Cl)cc1C(F)(F)F)c1scnc1C(F)(F)F. The van der Waals surface area contributed by atoms with E-state index in [-0.39, 0.29) is 5.02 Å². The van der Waals surface area contributed by atoms with E-state index >= 15 is 0 Å². The van der Waals surface area contributed by atoms with Gasteiger partial charge in [0.15, 0.2) is 5.69 Å². The van der Waals surface area contributed by atoms with Crippen molar-refractivity contribution < 1.29 is 31.1 Å². The predicted molar refractivity (Wildman–Crippen MR) is 71.5 cm³/mol. The lowest BCUT2D eigenvalue weighted by Crippen LogP contribution is -2.19. The van der Waals surface area contributed by atoms with Gasteiger partial charge in [-0.25, -0.2) is 4.98 Å². The Morgan fingerprint density at radius 1 is 1.13 bits per heavy atom. The number of aromatic nitrogens is 1. The predicted octanol–water partition coefficient (Wildman–Crippen LogP) is 5.09. The van der Waals surface area contributed by atoms with E-state index in [2.05, 4.69) is 4.98 Å². The summed E-state index contributed by atoms with van der Waals surface area (Å²) in [6, 6.07) is 2.50. The van der Waals surface area contributed by atoms with Crippen LogP contribution in [0.4, 0.5) is 32.0 Å². The van der Waals surface area contributed by atoms with Crippen molar-refractivity contribution in [2.45, 2.75) is 12.4 Å². The van der Waals surface area contributed by atoms with Gasteiger partial charge >= 0.3 is 12.4 Å². The molecule has 2 rings (SSSR count). The largest absolute Gasteiger partial charge is 0.434 e. The standard InChI is InChI=1S/C12H5ClF6N2OS/c13-5-1-2-7(6(3-5)11(14,15)16)21-10(22)8-9(12(17,18)19)20-4-23-8/h1-4H,(H,21,22). The Hall–Kier alpha value is -1.81. The van der Waals surface area contributed by atoms with Crippen LogP contribution in [0.25, 0.3) is 0 Å². The van der Waals surface area contributed by atoms with E-state index in [1.165, 1.54) is 0 Å². The average Bonchev–Trinajstić information content (AvgIpc) is 2.89. The van der Waals surface area contributed by atoms with Crippen LogP contribution in [-0.2, 0) is 12.4 Å². The molecule has 0 saturated heterocycles. The highest BCUT2D eigenvalue weighted by molar-refractivity contribution is 7.12. The maximum Gasteiger partial charge on any atom is 0.434 e. The van der Waals surface area contributed by atoms with Crippen molar-refractivity contribution in [2.75, 3.05) is 5.32 Å². The van der Waals surface area contributed by atoms with Crippen LogP contribution in [-0.4, -0.2) is 10.9 Å². The second-order valence-corrected chi connectivity index (χ2v) is 5.46. The minimum atomic E-state index is -4.89. The van der Waals surface area contributed by atoms with E-state index in [0.717, 1.165) is 17.6 Å². The Kier molecular flexibility index (Phi) is 4.58. The Bertz CT molecular complexity index is 740. The summed E-state index contributed by atoms with van der Waals surface area (Å²) in [7, 11) is 0. The lowest BCUT2D eigenvalue weighted by Gasteiger charge is -2.14. The molecule has 0 atom stereocenters. The van der Waals surface area contributed by atoms with Gasteiger partial charge in [-0.2, -0.15) is 26.3 Å². The fourth-order valence-electron chi connectivity index (χ4n) is 1.65. The molecule has 3 nitrogen and oxygen atoms in total. The summed E-state index contributed by atoms with van der Waals surface area (Å²) in [5.41, 5.74) is -2.64. The number of anilines is 1. The van der Waals surface area contributed by atoms with Crippen LogP contribution >= 0.6 is 22.9 Å². The first-order chi connectivity index (χ1) is 10.5. The van der Waals surface area contributed by atoms with Gasteiger partial charge in [-0.1, -0.05) is 11.6 Å². The van der Waals surface area contributed by atoms with Gasteiger partial charge in [0.1, 0.15) is 4.88 Å². The number of amides is 1. The highest BCUT2D eigenvalue weighted by atomic mass is 35.5. The number of rotatable bonds is 2. The second-order valence-electron chi connectivity index (χ2n) is 4.17. The monoisotopic (exact) mass is 374 g/mol. The minimum absolute atomic E-state index is 0.232. The third-order valence-corrected chi connectivity index (χ3v) is 3.64. The van der Waals surface area contributed by atoms with Crippen molar-refractivity contribution in [3.8, 4) is 0 Å². The van der Waals surface area contributed by atoms with E-state index in [9.17, 15) is 31.1 Å². The summed E-state index contributed by atoms with van der Waals surface area (Å²) >= 11 is 5.84. The van der Waals surface area contributed by atoms with Crippen LogP contribution < -0.4 is 5.32 Å².